The summed E-state index contributed by atoms with van der Waals surface area (Å²) < 4.78 is 0. The first-order chi connectivity index (χ1) is 15.1. The van der Waals surface area contributed by atoms with Crippen molar-refractivity contribution in [2.24, 2.45) is 0 Å². The summed E-state index contributed by atoms with van der Waals surface area (Å²) in [6, 6.07) is 20.3. The van der Waals surface area contributed by atoms with Gasteiger partial charge >= 0.3 is 0 Å². The van der Waals surface area contributed by atoms with Crippen LogP contribution in [0, 0.1) is 0 Å². The van der Waals surface area contributed by atoms with Crippen LogP contribution in [0.1, 0.15) is 41.4 Å². The van der Waals surface area contributed by atoms with Gasteiger partial charge in [-0.05, 0) is 48.5 Å². The molecule has 0 bridgehead atoms. The van der Waals surface area contributed by atoms with E-state index in [1.54, 1.807) is 24.5 Å². The molecule has 160 valence electrons. The highest BCUT2D eigenvalue weighted by Gasteiger charge is 2.25. The van der Waals surface area contributed by atoms with Crippen LogP contribution in [-0.4, -0.2) is 34.8 Å². The topological polar surface area (TPSA) is 74.3 Å². The van der Waals surface area contributed by atoms with E-state index >= 15 is 0 Å². The molecule has 0 aliphatic heterocycles. The molecule has 2 N–H and O–H groups in total. The number of aromatic nitrogens is 1. The van der Waals surface area contributed by atoms with Gasteiger partial charge in [-0.3, -0.25) is 19.5 Å². The zero-order valence-electron chi connectivity index (χ0n) is 17.9. The highest BCUT2D eigenvalue weighted by molar-refractivity contribution is 6.04. The monoisotopic (exact) mass is 416 g/mol. The third-order valence-electron chi connectivity index (χ3n) is 5.14. The van der Waals surface area contributed by atoms with E-state index in [4.69, 9.17) is 0 Å². The molecule has 2 aromatic carbocycles. The van der Waals surface area contributed by atoms with Crippen molar-refractivity contribution in [3.63, 3.8) is 0 Å². The lowest BCUT2D eigenvalue weighted by Crippen LogP contribution is -2.40. The quantitative estimate of drug-likeness (QED) is 0.552. The van der Waals surface area contributed by atoms with Crippen LogP contribution in [0.2, 0.25) is 0 Å². The number of hydrogen-bond donors (Lipinski definition) is 2. The number of carbonyl (C=O) groups is 2. The largest absolute Gasteiger partial charge is 0.350 e. The van der Waals surface area contributed by atoms with E-state index in [0.717, 1.165) is 24.2 Å². The highest BCUT2D eigenvalue weighted by Crippen LogP contribution is 2.21. The van der Waals surface area contributed by atoms with Crippen LogP contribution < -0.4 is 10.6 Å². The number of benzene rings is 2. The molecule has 6 heteroatoms. The molecule has 6 nitrogen and oxygen atoms in total. The summed E-state index contributed by atoms with van der Waals surface area (Å²) >= 11 is 0. The molecular weight excluding hydrogens is 388 g/mol. The van der Waals surface area contributed by atoms with Gasteiger partial charge in [-0.1, -0.05) is 56.3 Å². The van der Waals surface area contributed by atoms with Gasteiger partial charge < -0.3 is 10.6 Å². The summed E-state index contributed by atoms with van der Waals surface area (Å²) in [6.45, 7) is 6.05. The van der Waals surface area contributed by atoms with Crippen LogP contribution in [0.4, 0.5) is 5.69 Å². The van der Waals surface area contributed by atoms with Crippen molar-refractivity contribution in [3.8, 4) is 0 Å². The third kappa shape index (κ3) is 5.99. The lowest BCUT2D eigenvalue weighted by atomic mass is 10.0. The average molecular weight is 417 g/mol. The molecule has 2 amide bonds. The smallest absolute Gasteiger partial charge is 0.255 e. The number of likely N-dealkylation sites (N-methyl/N-ethyl adjacent to an activating group) is 1. The fraction of sp³-hybridized carbons (Fsp3) is 0.240. The van der Waals surface area contributed by atoms with Gasteiger partial charge in [-0.2, -0.15) is 0 Å². The van der Waals surface area contributed by atoms with E-state index in [2.05, 4.69) is 34.4 Å². The molecular formula is C25H28N4O2. The Kier molecular flexibility index (Phi) is 7.90. The first-order valence-electron chi connectivity index (χ1n) is 10.5. The van der Waals surface area contributed by atoms with Crippen molar-refractivity contribution in [3.05, 3.63) is 95.8 Å². The fourth-order valence-electron chi connectivity index (χ4n) is 3.50. The molecule has 0 aliphatic carbocycles. The number of rotatable bonds is 9. The number of pyridine rings is 1. The van der Waals surface area contributed by atoms with Gasteiger partial charge in [0.2, 0.25) is 5.91 Å². The Hall–Kier alpha value is -3.51. The van der Waals surface area contributed by atoms with Gasteiger partial charge in [-0.25, -0.2) is 0 Å². The van der Waals surface area contributed by atoms with E-state index < -0.39 is 0 Å². The fourth-order valence-corrected chi connectivity index (χ4v) is 3.50. The first-order valence-corrected chi connectivity index (χ1v) is 10.5. The number of amides is 2. The zero-order valence-corrected chi connectivity index (χ0v) is 17.9. The van der Waals surface area contributed by atoms with Gasteiger partial charge in [0.15, 0.2) is 0 Å². The van der Waals surface area contributed by atoms with Crippen LogP contribution in [-0.2, 0) is 11.3 Å². The van der Waals surface area contributed by atoms with Gasteiger partial charge in [0, 0.05) is 30.2 Å². The second kappa shape index (κ2) is 11.0. The van der Waals surface area contributed by atoms with Gasteiger partial charge in [0.1, 0.15) is 6.04 Å². The second-order valence-corrected chi connectivity index (χ2v) is 7.14. The Morgan fingerprint density at radius 3 is 2.32 bits per heavy atom. The standard InChI is InChI=1S/C25H28N4O2/c1-3-29(4-2)23(20-10-6-5-7-11-20)25(31)27-18-19-9-8-12-22(17-19)28-24(30)21-13-15-26-16-14-21/h5-17,23H,3-4,18H2,1-2H3,(H,27,31)(H,28,30). The van der Waals surface area contributed by atoms with Crippen molar-refractivity contribution >= 4 is 17.5 Å². The molecule has 3 aromatic rings. The maximum atomic E-state index is 13.1. The minimum absolute atomic E-state index is 0.0406. The van der Waals surface area contributed by atoms with Crippen LogP contribution in [0.15, 0.2) is 79.1 Å². The number of hydrogen-bond acceptors (Lipinski definition) is 4. The van der Waals surface area contributed by atoms with E-state index in [1.165, 1.54) is 0 Å². The van der Waals surface area contributed by atoms with Gasteiger partial charge in [0.25, 0.3) is 5.91 Å². The molecule has 0 saturated carbocycles. The molecule has 1 unspecified atom stereocenters. The summed E-state index contributed by atoms with van der Waals surface area (Å²) in [4.78, 5) is 31.5. The van der Waals surface area contributed by atoms with E-state index in [1.807, 2.05) is 54.6 Å². The highest BCUT2D eigenvalue weighted by atomic mass is 16.2. The van der Waals surface area contributed by atoms with Gasteiger partial charge in [-0.15, -0.1) is 0 Å². The molecule has 1 atom stereocenters. The summed E-state index contributed by atoms with van der Waals surface area (Å²) in [6.07, 6.45) is 3.17. The predicted octanol–water partition coefficient (Wildman–Crippen LogP) is 4.03. The van der Waals surface area contributed by atoms with Crippen LogP contribution in [0.3, 0.4) is 0 Å². The van der Waals surface area contributed by atoms with Crippen LogP contribution >= 0.6 is 0 Å². The van der Waals surface area contributed by atoms with Crippen molar-refractivity contribution in [2.75, 3.05) is 18.4 Å². The lowest BCUT2D eigenvalue weighted by Gasteiger charge is -2.29. The SMILES string of the molecule is CCN(CC)C(C(=O)NCc1cccc(NC(=O)c2ccncc2)c1)c1ccccc1. The minimum Gasteiger partial charge on any atom is -0.350 e. The van der Waals surface area contributed by atoms with E-state index in [0.29, 0.717) is 17.8 Å². The molecule has 0 saturated heterocycles. The molecule has 0 radical (unpaired) electrons. The normalized spacial score (nSPS) is 11.7. The van der Waals surface area contributed by atoms with Crippen molar-refractivity contribution in [2.45, 2.75) is 26.4 Å². The Labute approximate surface area is 183 Å². The summed E-state index contributed by atoms with van der Waals surface area (Å²) in [5, 5.41) is 5.94. The van der Waals surface area contributed by atoms with Crippen LogP contribution in [0.5, 0.6) is 0 Å². The Morgan fingerprint density at radius 1 is 0.935 bits per heavy atom. The maximum Gasteiger partial charge on any atom is 0.255 e. The molecule has 31 heavy (non-hydrogen) atoms. The second-order valence-electron chi connectivity index (χ2n) is 7.14. The van der Waals surface area contributed by atoms with E-state index in [-0.39, 0.29) is 17.9 Å². The lowest BCUT2D eigenvalue weighted by molar-refractivity contribution is -0.126. The minimum atomic E-state index is -0.342. The first kappa shape index (κ1) is 22.2. The maximum absolute atomic E-state index is 13.1. The molecule has 1 heterocycles. The summed E-state index contributed by atoms with van der Waals surface area (Å²) in [5.41, 5.74) is 3.10. The number of nitrogens with one attached hydrogen (secondary N) is 2. The average Bonchev–Trinajstić information content (AvgIpc) is 2.82. The third-order valence-corrected chi connectivity index (χ3v) is 5.14. The predicted molar refractivity (Wildman–Crippen MR) is 123 cm³/mol. The van der Waals surface area contributed by atoms with Gasteiger partial charge in [0.05, 0.1) is 0 Å². The number of nitrogens with zero attached hydrogens (tertiary/aromatic N) is 2. The zero-order chi connectivity index (χ0) is 22.1. The number of anilines is 1. The summed E-state index contributed by atoms with van der Waals surface area (Å²) in [5.74, 6) is -0.240. The van der Waals surface area contributed by atoms with Crippen molar-refractivity contribution in [1.82, 2.24) is 15.2 Å². The number of carbonyl (C=O) groups excluding carboxylic acids is 2. The summed E-state index contributed by atoms with van der Waals surface area (Å²) in [7, 11) is 0. The Balaban J connectivity index is 1.67. The van der Waals surface area contributed by atoms with E-state index in [9.17, 15) is 9.59 Å². The molecule has 1 aromatic heterocycles. The van der Waals surface area contributed by atoms with Crippen molar-refractivity contribution < 1.29 is 9.59 Å². The van der Waals surface area contributed by atoms with Crippen LogP contribution in [0.25, 0.3) is 0 Å². The molecule has 0 aliphatic rings. The Morgan fingerprint density at radius 2 is 1.65 bits per heavy atom. The Bertz CT molecular complexity index is 989. The van der Waals surface area contributed by atoms with Crippen molar-refractivity contribution in [1.29, 1.82) is 0 Å². The molecule has 0 spiro atoms. The molecule has 3 rings (SSSR count). The molecule has 0 fully saturated rings.